The van der Waals surface area contributed by atoms with Gasteiger partial charge in [0.25, 0.3) is 5.91 Å². The number of likely N-dealkylation sites (N-methyl/N-ethyl adjacent to an activating group) is 1. The third-order valence-corrected chi connectivity index (χ3v) is 3.78. The summed E-state index contributed by atoms with van der Waals surface area (Å²) in [6.45, 7) is 2.26. The van der Waals surface area contributed by atoms with Gasteiger partial charge in [0.1, 0.15) is 28.8 Å². The molecule has 1 aromatic heterocycles. The Labute approximate surface area is 152 Å². The summed E-state index contributed by atoms with van der Waals surface area (Å²) in [5.41, 5.74) is 0. The van der Waals surface area contributed by atoms with E-state index >= 15 is 0 Å². The number of hydrogen-bond donors (Lipinski definition) is 0. The molecule has 0 radical (unpaired) electrons. The number of benzene rings is 2. The molecule has 5 heteroatoms. The standard InChI is InChI=1S/C21H21NO4/c1-16-8-9-20(25-16)14-22(2)21(23)15-24-17-10-12-19(13-11-17)26-18-6-4-3-5-7-18/h3-13H,14-15H2,1-2H3. The molecule has 2 aromatic carbocycles. The molecule has 0 atom stereocenters. The maximum absolute atomic E-state index is 12.2. The maximum Gasteiger partial charge on any atom is 0.260 e. The van der Waals surface area contributed by atoms with Gasteiger partial charge in [-0.2, -0.15) is 0 Å². The highest BCUT2D eigenvalue weighted by atomic mass is 16.5. The van der Waals surface area contributed by atoms with Crippen molar-refractivity contribution in [3.63, 3.8) is 0 Å². The van der Waals surface area contributed by atoms with Gasteiger partial charge in [0, 0.05) is 7.05 Å². The van der Waals surface area contributed by atoms with Crippen molar-refractivity contribution in [2.75, 3.05) is 13.7 Å². The first-order valence-corrected chi connectivity index (χ1v) is 8.35. The van der Waals surface area contributed by atoms with Gasteiger partial charge in [0.15, 0.2) is 6.61 Å². The van der Waals surface area contributed by atoms with Gasteiger partial charge in [0.05, 0.1) is 6.54 Å². The van der Waals surface area contributed by atoms with E-state index in [9.17, 15) is 4.79 Å². The lowest BCUT2D eigenvalue weighted by atomic mass is 10.3. The van der Waals surface area contributed by atoms with Crippen LogP contribution in [0.15, 0.2) is 71.1 Å². The van der Waals surface area contributed by atoms with Gasteiger partial charge in [-0.15, -0.1) is 0 Å². The first-order valence-electron chi connectivity index (χ1n) is 8.35. The van der Waals surface area contributed by atoms with E-state index < -0.39 is 0 Å². The van der Waals surface area contributed by atoms with Gasteiger partial charge in [-0.05, 0) is 55.5 Å². The highest BCUT2D eigenvalue weighted by molar-refractivity contribution is 5.77. The van der Waals surface area contributed by atoms with Crippen LogP contribution in [0.2, 0.25) is 0 Å². The summed E-state index contributed by atoms with van der Waals surface area (Å²) in [6.07, 6.45) is 0. The lowest BCUT2D eigenvalue weighted by Crippen LogP contribution is -2.30. The minimum atomic E-state index is -0.122. The van der Waals surface area contributed by atoms with Crippen LogP contribution < -0.4 is 9.47 Å². The molecule has 0 bridgehead atoms. The number of rotatable bonds is 7. The van der Waals surface area contributed by atoms with Gasteiger partial charge >= 0.3 is 0 Å². The number of ether oxygens (including phenoxy) is 2. The second-order valence-electron chi connectivity index (χ2n) is 5.94. The Kier molecular flexibility index (Phi) is 5.59. The van der Waals surface area contributed by atoms with Gasteiger partial charge in [-0.1, -0.05) is 18.2 Å². The topological polar surface area (TPSA) is 51.9 Å². The van der Waals surface area contributed by atoms with E-state index in [0.29, 0.717) is 18.0 Å². The van der Waals surface area contributed by atoms with Crippen LogP contribution in [0.5, 0.6) is 17.2 Å². The van der Waals surface area contributed by atoms with Crippen molar-refractivity contribution in [1.82, 2.24) is 4.90 Å². The molecule has 0 spiro atoms. The molecule has 1 heterocycles. The number of carbonyl (C=O) groups excluding carboxylic acids is 1. The van der Waals surface area contributed by atoms with E-state index in [1.165, 1.54) is 0 Å². The Morgan fingerprint density at radius 2 is 1.58 bits per heavy atom. The molecule has 134 valence electrons. The van der Waals surface area contributed by atoms with E-state index in [-0.39, 0.29) is 12.5 Å². The molecule has 0 unspecified atom stereocenters. The quantitative estimate of drug-likeness (QED) is 0.632. The van der Waals surface area contributed by atoms with Gasteiger partial charge in [-0.25, -0.2) is 0 Å². The number of carbonyl (C=O) groups is 1. The molecule has 0 saturated heterocycles. The van der Waals surface area contributed by atoms with Crippen LogP contribution in [0, 0.1) is 6.92 Å². The van der Waals surface area contributed by atoms with Crippen LogP contribution in [0.1, 0.15) is 11.5 Å². The fourth-order valence-electron chi connectivity index (χ4n) is 2.38. The molecular formula is C21H21NO4. The van der Waals surface area contributed by atoms with Crippen molar-refractivity contribution < 1.29 is 18.7 Å². The van der Waals surface area contributed by atoms with Crippen molar-refractivity contribution in [2.45, 2.75) is 13.5 Å². The van der Waals surface area contributed by atoms with Crippen LogP contribution >= 0.6 is 0 Å². The van der Waals surface area contributed by atoms with Crippen LogP contribution in [0.3, 0.4) is 0 Å². The number of amides is 1. The second-order valence-corrected chi connectivity index (χ2v) is 5.94. The predicted octanol–water partition coefficient (Wildman–Crippen LogP) is 4.42. The normalized spacial score (nSPS) is 10.4. The zero-order chi connectivity index (χ0) is 18.4. The zero-order valence-corrected chi connectivity index (χ0v) is 14.8. The Hall–Kier alpha value is -3.21. The zero-order valence-electron chi connectivity index (χ0n) is 14.8. The third kappa shape index (κ3) is 4.89. The monoisotopic (exact) mass is 351 g/mol. The van der Waals surface area contributed by atoms with Crippen molar-refractivity contribution in [2.24, 2.45) is 0 Å². The summed E-state index contributed by atoms with van der Waals surface area (Å²) in [5, 5.41) is 0. The third-order valence-electron chi connectivity index (χ3n) is 3.78. The Morgan fingerprint density at radius 3 is 2.23 bits per heavy atom. The summed E-state index contributed by atoms with van der Waals surface area (Å²) in [7, 11) is 1.72. The molecule has 1 amide bonds. The Bertz CT molecular complexity index is 840. The molecule has 3 aromatic rings. The molecule has 26 heavy (non-hydrogen) atoms. The summed E-state index contributed by atoms with van der Waals surface area (Å²) < 4.78 is 16.8. The number of hydrogen-bond acceptors (Lipinski definition) is 4. The molecule has 5 nitrogen and oxygen atoms in total. The van der Waals surface area contributed by atoms with E-state index in [0.717, 1.165) is 17.3 Å². The Balaban J connectivity index is 1.48. The number of aryl methyl sites for hydroxylation is 1. The number of furan rings is 1. The minimum Gasteiger partial charge on any atom is -0.484 e. The smallest absolute Gasteiger partial charge is 0.260 e. The molecule has 0 saturated carbocycles. The largest absolute Gasteiger partial charge is 0.484 e. The van der Waals surface area contributed by atoms with Crippen LogP contribution in [0.25, 0.3) is 0 Å². The van der Waals surface area contributed by atoms with Crippen LogP contribution in [-0.4, -0.2) is 24.5 Å². The van der Waals surface area contributed by atoms with Gasteiger partial charge in [-0.3, -0.25) is 4.79 Å². The van der Waals surface area contributed by atoms with Crippen LogP contribution in [-0.2, 0) is 11.3 Å². The average Bonchev–Trinajstić information content (AvgIpc) is 3.06. The van der Waals surface area contributed by atoms with E-state index in [1.807, 2.05) is 61.5 Å². The van der Waals surface area contributed by atoms with Crippen molar-refractivity contribution in [1.29, 1.82) is 0 Å². The van der Waals surface area contributed by atoms with E-state index in [1.54, 1.807) is 24.1 Å². The molecular weight excluding hydrogens is 330 g/mol. The molecule has 0 aliphatic rings. The molecule has 0 aliphatic heterocycles. The first kappa shape index (κ1) is 17.6. The first-order chi connectivity index (χ1) is 12.6. The molecule has 0 fully saturated rings. The van der Waals surface area contributed by atoms with Gasteiger partial charge < -0.3 is 18.8 Å². The summed E-state index contributed by atoms with van der Waals surface area (Å²) in [4.78, 5) is 13.7. The van der Waals surface area contributed by atoms with Crippen LogP contribution in [0.4, 0.5) is 0 Å². The van der Waals surface area contributed by atoms with Crippen molar-refractivity contribution in [3.05, 3.63) is 78.3 Å². The highest BCUT2D eigenvalue weighted by Gasteiger charge is 2.12. The number of para-hydroxylation sites is 1. The predicted molar refractivity (Wildman–Crippen MR) is 98.4 cm³/mol. The minimum absolute atomic E-state index is 0.0327. The summed E-state index contributed by atoms with van der Waals surface area (Å²) in [5.74, 6) is 3.55. The fourth-order valence-corrected chi connectivity index (χ4v) is 2.38. The maximum atomic E-state index is 12.2. The van der Waals surface area contributed by atoms with E-state index in [2.05, 4.69) is 0 Å². The number of nitrogens with zero attached hydrogens (tertiary/aromatic N) is 1. The summed E-state index contributed by atoms with van der Waals surface area (Å²) in [6, 6.07) is 20.5. The lowest BCUT2D eigenvalue weighted by molar-refractivity contribution is -0.132. The SMILES string of the molecule is Cc1ccc(CN(C)C(=O)COc2ccc(Oc3ccccc3)cc2)o1. The second kappa shape index (κ2) is 8.25. The fraction of sp³-hybridized carbons (Fsp3) is 0.190. The molecule has 0 aliphatic carbocycles. The molecule has 3 rings (SSSR count). The van der Waals surface area contributed by atoms with Gasteiger partial charge in [0.2, 0.25) is 0 Å². The lowest BCUT2D eigenvalue weighted by Gasteiger charge is -2.16. The average molecular weight is 351 g/mol. The van der Waals surface area contributed by atoms with Crippen molar-refractivity contribution in [3.8, 4) is 17.2 Å². The summed E-state index contributed by atoms with van der Waals surface area (Å²) >= 11 is 0. The highest BCUT2D eigenvalue weighted by Crippen LogP contribution is 2.23. The van der Waals surface area contributed by atoms with E-state index in [4.69, 9.17) is 13.9 Å². The Morgan fingerprint density at radius 1 is 0.923 bits per heavy atom. The molecule has 0 N–H and O–H groups in total. The van der Waals surface area contributed by atoms with Crippen molar-refractivity contribution >= 4 is 5.91 Å².